The van der Waals surface area contributed by atoms with E-state index in [2.05, 4.69) is 10.0 Å². The van der Waals surface area contributed by atoms with Crippen LogP contribution in [0.25, 0.3) is 0 Å². The number of halogens is 2. The van der Waals surface area contributed by atoms with Crippen molar-refractivity contribution in [2.75, 3.05) is 11.9 Å². The molecule has 0 aliphatic carbocycles. The van der Waals surface area contributed by atoms with Gasteiger partial charge in [0.15, 0.2) is 6.61 Å². The van der Waals surface area contributed by atoms with E-state index in [1.54, 1.807) is 6.92 Å². The van der Waals surface area contributed by atoms with Gasteiger partial charge in [0, 0.05) is 12.1 Å². The van der Waals surface area contributed by atoms with Crippen LogP contribution < -0.4 is 14.8 Å². The lowest BCUT2D eigenvalue weighted by atomic mass is 10.1. The van der Waals surface area contributed by atoms with Crippen LogP contribution in [-0.2, 0) is 14.8 Å². The van der Waals surface area contributed by atoms with Crippen LogP contribution in [-0.4, -0.2) is 20.9 Å². The smallest absolute Gasteiger partial charge is 0.262 e. The first-order chi connectivity index (χ1) is 14.7. The summed E-state index contributed by atoms with van der Waals surface area (Å²) in [7, 11) is -3.76. The largest absolute Gasteiger partial charge is 0.484 e. The molecule has 1 atom stereocenters. The highest BCUT2D eigenvalue weighted by Gasteiger charge is 2.18. The number of carbonyl (C=O) groups excluding carboxylic acids is 1. The molecule has 31 heavy (non-hydrogen) atoms. The molecule has 1 unspecified atom stereocenters. The summed E-state index contributed by atoms with van der Waals surface area (Å²) in [6.45, 7) is 1.30. The number of sulfonamides is 1. The van der Waals surface area contributed by atoms with Crippen molar-refractivity contribution in [2.45, 2.75) is 17.9 Å². The summed E-state index contributed by atoms with van der Waals surface area (Å²) < 4.78 is 59.5. The van der Waals surface area contributed by atoms with Gasteiger partial charge in [0.05, 0.1) is 10.6 Å². The summed E-state index contributed by atoms with van der Waals surface area (Å²) in [5, 5.41) is 2.27. The van der Waals surface area contributed by atoms with Crippen molar-refractivity contribution in [1.29, 1.82) is 0 Å². The van der Waals surface area contributed by atoms with Crippen LogP contribution in [0.4, 0.5) is 14.5 Å². The summed E-state index contributed by atoms with van der Waals surface area (Å²) in [6.07, 6.45) is 0. The van der Waals surface area contributed by atoms with E-state index in [1.165, 1.54) is 24.3 Å². The SMILES string of the molecule is CC(NS(=O)(=O)c1ccc(OCC(=O)Nc2ccc(F)cc2F)cc1)c1ccccc1. The van der Waals surface area contributed by atoms with Crippen LogP contribution in [0.3, 0.4) is 0 Å². The van der Waals surface area contributed by atoms with Gasteiger partial charge in [-0.05, 0) is 48.9 Å². The van der Waals surface area contributed by atoms with Crippen molar-refractivity contribution in [2.24, 2.45) is 0 Å². The molecule has 0 aromatic heterocycles. The lowest BCUT2D eigenvalue weighted by Gasteiger charge is -2.15. The van der Waals surface area contributed by atoms with Crippen LogP contribution in [0.15, 0.2) is 77.7 Å². The molecule has 1 amide bonds. The van der Waals surface area contributed by atoms with Gasteiger partial charge in [-0.3, -0.25) is 4.79 Å². The molecule has 0 saturated heterocycles. The second-order valence-electron chi connectivity index (χ2n) is 6.69. The van der Waals surface area contributed by atoms with E-state index in [-0.39, 0.29) is 16.3 Å². The minimum absolute atomic E-state index is 0.0421. The molecule has 3 aromatic carbocycles. The molecule has 0 saturated carbocycles. The van der Waals surface area contributed by atoms with Crippen LogP contribution >= 0.6 is 0 Å². The maximum absolute atomic E-state index is 13.6. The summed E-state index contributed by atoms with van der Waals surface area (Å²) in [5.41, 5.74) is 0.657. The van der Waals surface area contributed by atoms with Gasteiger partial charge in [-0.15, -0.1) is 0 Å². The zero-order valence-electron chi connectivity index (χ0n) is 16.5. The van der Waals surface area contributed by atoms with E-state index in [4.69, 9.17) is 4.74 Å². The quantitative estimate of drug-likeness (QED) is 0.547. The zero-order valence-corrected chi connectivity index (χ0v) is 17.3. The number of ether oxygens (including phenoxy) is 1. The molecule has 162 valence electrons. The fourth-order valence-corrected chi connectivity index (χ4v) is 3.98. The third-order valence-electron chi connectivity index (χ3n) is 4.34. The molecular formula is C22H20F2N2O4S. The van der Waals surface area contributed by atoms with Gasteiger partial charge in [0.25, 0.3) is 5.91 Å². The van der Waals surface area contributed by atoms with Crippen molar-refractivity contribution in [3.63, 3.8) is 0 Å². The van der Waals surface area contributed by atoms with Crippen LogP contribution in [0.1, 0.15) is 18.5 Å². The maximum Gasteiger partial charge on any atom is 0.262 e. The number of hydrogen-bond donors (Lipinski definition) is 2. The summed E-state index contributed by atoms with van der Waals surface area (Å²) in [6, 6.07) is 17.0. The Morgan fingerprint density at radius 3 is 2.32 bits per heavy atom. The number of nitrogens with one attached hydrogen (secondary N) is 2. The number of hydrogen-bond acceptors (Lipinski definition) is 4. The fourth-order valence-electron chi connectivity index (χ4n) is 2.75. The summed E-state index contributed by atoms with van der Waals surface area (Å²) >= 11 is 0. The maximum atomic E-state index is 13.6. The average molecular weight is 446 g/mol. The van der Waals surface area contributed by atoms with E-state index >= 15 is 0 Å². The van der Waals surface area contributed by atoms with Crippen LogP contribution in [0.2, 0.25) is 0 Å². The lowest BCUT2D eigenvalue weighted by Crippen LogP contribution is -2.26. The highest BCUT2D eigenvalue weighted by molar-refractivity contribution is 7.89. The first-order valence-corrected chi connectivity index (χ1v) is 10.8. The first kappa shape index (κ1) is 22.4. The number of anilines is 1. The Morgan fingerprint density at radius 1 is 1.00 bits per heavy atom. The molecular weight excluding hydrogens is 426 g/mol. The second-order valence-corrected chi connectivity index (χ2v) is 8.40. The summed E-state index contributed by atoms with van der Waals surface area (Å²) in [5.74, 6) is -2.06. The van der Waals surface area contributed by atoms with Crippen molar-refractivity contribution in [3.8, 4) is 5.75 Å². The number of benzene rings is 3. The highest BCUT2D eigenvalue weighted by Crippen LogP contribution is 2.20. The minimum atomic E-state index is -3.76. The summed E-state index contributed by atoms with van der Waals surface area (Å²) in [4.78, 5) is 11.9. The molecule has 0 radical (unpaired) electrons. The highest BCUT2D eigenvalue weighted by atomic mass is 32.2. The van der Waals surface area contributed by atoms with Crippen molar-refractivity contribution in [3.05, 3.63) is 90.0 Å². The van der Waals surface area contributed by atoms with Crippen molar-refractivity contribution in [1.82, 2.24) is 4.72 Å². The standard InChI is InChI=1S/C22H20F2N2O4S/c1-15(16-5-3-2-4-6-16)26-31(28,29)19-10-8-18(9-11-19)30-14-22(27)25-21-12-7-17(23)13-20(21)24/h2-13,15,26H,14H2,1H3,(H,25,27). The molecule has 3 rings (SSSR count). The molecule has 0 aliphatic rings. The van der Waals surface area contributed by atoms with Gasteiger partial charge in [0.1, 0.15) is 17.4 Å². The van der Waals surface area contributed by atoms with E-state index in [0.29, 0.717) is 6.07 Å². The van der Waals surface area contributed by atoms with Gasteiger partial charge < -0.3 is 10.1 Å². The van der Waals surface area contributed by atoms with E-state index in [9.17, 15) is 22.0 Å². The first-order valence-electron chi connectivity index (χ1n) is 9.29. The van der Waals surface area contributed by atoms with Gasteiger partial charge in [-0.1, -0.05) is 30.3 Å². The predicted molar refractivity (Wildman–Crippen MR) is 112 cm³/mol. The monoisotopic (exact) mass is 446 g/mol. The Kier molecular flexibility index (Phi) is 6.98. The number of rotatable bonds is 8. The third-order valence-corrected chi connectivity index (χ3v) is 5.90. The van der Waals surface area contributed by atoms with Gasteiger partial charge in [-0.2, -0.15) is 0 Å². The Balaban J connectivity index is 1.57. The molecule has 9 heteroatoms. The number of amides is 1. The molecule has 0 aliphatic heterocycles. The van der Waals surface area contributed by atoms with Crippen LogP contribution in [0, 0.1) is 11.6 Å². The van der Waals surface area contributed by atoms with Crippen LogP contribution in [0.5, 0.6) is 5.75 Å². The van der Waals surface area contributed by atoms with Gasteiger partial charge in [-0.25, -0.2) is 21.9 Å². The third kappa shape index (κ3) is 6.09. The minimum Gasteiger partial charge on any atom is -0.484 e. The second kappa shape index (κ2) is 9.67. The molecule has 0 fully saturated rings. The molecule has 2 N–H and O–H groups in total. The predicted octanol–water partition coefficient (Wildman–Crippen LogP) is 4.02. The topological polar surface area (TPSA) is 84.5 Å². The van der Waals surface area contributed by atoms with Crippen molar-refractivity contribution < 1.29 is 26.7 Å². The fraction of sp³-hybridized carbons (Fsp3) is 0.136. The average Bonchev–Trinajstić information content (AvgIpc) is 2.75. The molecule has 0 spiro atoms. The zero-order chi connectivity index (χ0) is 22.4. The van der Waals surface area contributed by atoms with E-state index in [1.807, 2.05) is 30.3 Å². The Morgan fingerprint density at radius 2 is 1.68 bits per heavy atom. The molecule has 0 bridgehead atoms. The van der Waals surface area contributed by atoms with E-state index < -0.39 is 40.2 Å². The lowest BCUT2D eigenvalue weighted by molar-refractivity contribution is -0.118. The van der Waals surface area contributed by atoms with Gasteiger partial charge >= 0.3 is 0 Å². The van der Waals surface area contributed by atoms with Gasteiger partial charge in [0.2, 0.25) is 10.0 Å². The Hall–Kier alpha value is -3.30. The van der Waals surface area contributed by atoms with Crippen molar-refractivity contribution >= 4 is 21.6 Å². The molecule has 0 heterocycles. The molecule has 6 nitrogen and oxygen atoms in total. The molecule has 3 aromatic rings. The Bertz CT molecular complexity index is 1150. The Labute approximate surface area is 178 Å². The normalized spacial score (nSPS) is 12.2. The van der Waals surface area contributed by atoms with E-state index in [0.717, 1.165) is 17.7 Å². The number of carbonyl (C=O) groups is 1.